The van der Waals surface area contributed by atoms with Crippen LogP contribution in [0.25, 0.3) is 10.8 Å². The fourth-order valence-corrected chi connectivity index (χ4v) is 3.79. The van der Waals surface area contributed by atoms with E-state index in [9.17, 15) is 9.59 Å². The van der Waals surface area contributed by atoms with Gasteiger partial charge in [0.2, 0.25) is 5.91 Å². The number of aromatic nitrogens is 1. The lowest BCUT2D eigenvalue weighted by atomic mass is 10.0. The van der Waals surface area contributed by atoms with Crippen molar-refractivity contribution in [1.29, 1.82) is 0 Å². The Hall–Kier alpha value is -2.47. The fraction of sp³-hybridized carbons (Fsp3) is 0.421. The van der Waals surface area contributed by atoms with Crippen LogP contribution in [0, 0.1) is 5.92 Å². The highest BCUT2D eigenvalue weighted by Crippen LogP contribution is 2.23. The van der Waals surface area contributed by atoms with Crippen LogP contribution in [0.1, 0.15) is 23.3 Å². The summed E-state index contributed by atoms with van der Waals surface area (Å²) in [5, 5.41) is 1.98. The summed E-state index contributed by atoms with van der Waals surface area (Å²) < 4.78 is 0. The Morgan fingerprint density at radius 3 is 2.52 bits per heavy atom. The smallest absolute Gasteiger partial charge is 0.272 e. The maximum Gasteiger partial charge on any atom is 0.272 e. The van der Waals surface area contributed by atoms with E-state index in [-0.39, 0.29) is 23.8 Å². The zero-order valence-corrected chi connectivity index (χ0v) is 14.1. The Bertz CT molecular complexity index is 816. The molecule has 3 heterocycles. The van der Waals surface area contributed by atoms with Crippen LogP contribution < -0.4 is 5.73 Å². The van der Waals surface area contributed by atoms with Crippen LogP contribution in [-0.4, -0.2) is 58.8 Å². The molecule has 2 fully saturated rings. The van der Waals surface area contributed by atoms with Crippen molar-refractivity contribution in [3.63, 3.8) is 0 Å². The molecule has 1 aromatic heterocycles. The molecule has 25 heavy (non-hydrogen) atoms. The molecular weight excluding hydrogens is 316 g/mol. The van der Waals surface area contributed by atoms with E-state index in [1.807, 2.05) is 29.2 Å². The molecule has 0 radical (unpaired) electrons. The van der Waals surface area contributed by atoms with Crippen molar-refractivity contribution in [2.45, 2.75) is 18.9 Å². The molecule has 130 valence electrons. The second-order valence-corrected chi connectivity index (χ2v) is 6.93. The van der Waals surface area contributed by atoms with Crippen LogP contribution in [0.4, 0.5) is 0 Å². The highest BCUT2D eigenvalue weighted by atomic mass is 16.2. The number of amides is 2. The van der Waals surface area contributed by atoms with Crippen molar-refractivity contribution >= 4 is 22.6 Å². The summed E-state index contributed by atoms with van der Waals surface area (Å²) >= 11 is 0. The van der Waals surface area contributed by atoms with Gasteiger partial charge in [0.15, 0.2) is 0 Å². The van der Waals surface area contributed by atoms with Crippen molar-refractivity contribution in [1.82, 2.24) is 14.8 Å². The van der Waals surface area contributed by atoms with Gasteiger partial charge in [-0.3, -0.25) is 14.6 Å². The zero-order chi connectivity index (χ0) is 17.4. The lowest BCUT2D eigenvalue weighted by Crippen LogP contribution is -2.42. The molecule has 6 nitrogen and oxygen atoms in total. The Kier molecular flexibility index (Phi) is 4.13. The highest BCUT2D eigenvalue weighted by Gasteiger charge is 2.40. The molecule has 2 N–H and O–H groups in total. The van der Waals surface area contributed by atoms with Crippen LogP contribution in [0.5, 0.6) is 0 Å². The molecule has 2 aliphatic rings. The maximum atomic E-state index is 12.8. The second kappa shape index (κ2) is 6.44. The summed E-state index contributed by atoms with van der Waals surface area (Å²) in [7, 11) is 0. The van der Waals surface area contributed by atoms with E-state index in [0.29, 0.717) is 18.8 Å². The summed E-state index contributed by atoms with van der Waals surface area (Å²) in [5.74, 6) is -0.368. The van der Waals surface area contributed by atoms with Crippen molar-refractivity contribution < 1.29 is 9.59 Å². The fourth-order valence-electron chi connectivity index (χ4n) is 3.79. The third-order valence-corrected chi connectivity index (χ3v) is 5.24. The van der Waals surface area contributed by atoms with Crippen LogP contribution in [0.2, 0.25) is 0 Å². The number of carbonyl (C=O) groups excluding carboxylic acids is 2. The maximum absolute atomic E-state index is 12.8. The SMILES string of the molecule is N[C@H]1CN(C(=O)c2cc3ccccc3cn2)C[C@H]1C(=O)N1CCCC1. The molecule has 4 rings (SSSR count). The molecule has 0 saturated carbocycles. The zero-order valence-electron chi connectivity index (χ0n) is 14.1. The standard InChI is InChI=1S/C19H22N4O2/c20-16-12-23(11-15(16)18(24)22-7-3-4-8-22)19(25)17-9-13-5-1-2-6-14(13)10-21-17/h1-2,5-6,9-10,15-16H,3-4,7-8,11-12,20H2/t15-,16+/m1/s1. The Balaban J connectivity index is 1.51. The molecule has 0 bridgehead atoms. The molecule has 6 heteroatoms. The number of carbonyl (C=O) groups is 2. The third-order valence-electron chi connectivity index (χ3n) is 5.24. The molecule has 2 saturated heterocycles. The molecule has 2 atom stereocenters. The Labute approximate surface area is 146 Å². The number of fused-ring (bicyclic) bond motifs is 1. The molecule has 2 aliphatic heterocycles. The average molecular weight is 338 g/mol. The van der Waals surface area contributed by atoms with E-state index in [1.54, 1.807) is 17.2 Å². The van der Waals surface area contributed by atoms with Crippen molar-refractivity contribution in [2.75, 3.05) is 26.2 Å². The highest BCUT2D eigenvalue weighted by molar-refractivity contribution is 5.97. The minimum Gasteiger partial charge on any atom is -0.342 e. The minimum absolute atomic E-state index is 0.0896. The summed E-state index contributed by atoms with van der Waals surface area (Å²) in [5.41, 5.74) is 6.59. The first kappa shape index (κ1) is 16.0. The first-order valence-electron chi connectivity index (χ1n) is 8.82. The van der Waals surface area contributed by atoms with E-state index < -0.39 is 0 Å². The van der Waals surface area contributed by atoms with Crippen molar-refractivity contribution in [3.8, 4) is 0 Å². The lowest BCUT2D eigenvalue weighted by molar-refractivity contribution is -0.134. The summed E-state index contributed by atoms with van der Waals surface area (Å²) in [4.78, 5) is 33.3. The predicted molar refractivity (Wildman–Crippen MR) is 94.9 cm³/mol. The number of hydrogen-bond donors (Lipinski definition) is 1. The number of rotatable bonds is 2. The number of likely N-dealkylation sites (tertiary alicyclic amines) is 2. The molecule has 2 aromatic rings. The molecular formula is C19H22N4O2. The molecule has 2 amide bonds. The van der Waals surface area contributed by atoms with Gasteiger partial charge in [0, 0.05) is 43.8 Å². The topological polar surface area (TPSA) is 79.5 Å². The van der Waals surface area contributed by atoms with E-state index in [0.717, 1.165) is 36.7 Å². The first-order chi connectivity index (χ1) is 12.1. The summed E-state index contributed by atoms with van der Waals surface area (Å²) in [6, 6.07) is 9.31. The molecule has 0 unspecified atom stereocenters. The van der Waals surface area contributed by atoms with E-state index in [2.05, 4.69) is 4.98 Å². The van der Waals surface area contributed by atoms with Gasteiger partial charge < -0.3 is 15.5 Å². The monoisotopic (exact) mass is 338 g/mol. The molecule has 1 aromatic carbocycles. The normalized spacial score (nSPS) is 23.4. The average Bonchev–Trinajstić information content (AvgIpc) is 3.30. The molecule has 0 spiro atoms. The third kappa shape index (κ3) is 2.98. The predicted octanol–water partition coefficient (Wildman–Crippen LogP) is 1.26. The number of nitrogens with zero attached hydrogens (tertiary/aromatic N) is 3. The van der Waals surface area contributed by atoms with Gasteiger partial charge in [-0.25, -0.2) is 0 Å². The number of hydrogen-bond acceptors (Lipinski definition) is 4. The van der Waals surface area contributed by atoms with Gasteiger partial charge in [0.05, 0.1) is 5.92 Å². The quantitative estimate of drug-likeness (QED) is 0.894. The minimum atomic E-state index is -0.308. The molecule has 0 aliphatic carbocycles. The van der Waals surface area contributed by atoms with Gasteiger partial charge >= 0.3 is 0 Å². The van der Waals surface area contributed by atoms with Crippen LogP contribution in [0.3, 0.4) is 0 Å². The van der Waals surface area contributed by atoms with Crippen LogP contribution in [0.15, 0.2) is 36.5 Å². The van der Waals surface area contributed by atoms with Gasteiger partial charge in [-0.1, -0.05) is 24.3 Å². The van der Waals surface area contributed by atoms with Gasteiger partial charge in [-0.05, 0) is 24.3 Å². The Morgan fingerprint density at radius 1 is 1.04 bits per heavy atom. The van der Waals surface area contributed by atoms with Crippen molar-refractivity contribution in [3.05, 3.63) is 42.2 Å². The van der Waals surface area contributed by atoms with E-state index in [1.165, 1.54) is 0 Å². The first-order valence-corrected chi connectivity index (χ1v) is 8.82. The van der Waals surface area contributed by atoms with Crippen LogP contribution >= 0.6 is 0 Å². The summed E-state index contributed by atoms with van der Waals surface area (Å²) in [6.07, 6.45) is 3.82. The largest absolute Gasteiger partial charge is 0.342 e. The lowest BCUT2D eigenvalue weighted by Gasteiger charge is -2.21. The van der Waals surface area contributed by atoms with Crippen LogP contribution in [-0.2, 0) is 4.79 Å². The second-order valence-electron chi connectivity index (χ2n) is 6.93. The van der Waals surface area contributed by atoms with E-state index in [4.69, 9.17) is 5.73 Å². The van der Waals surface area contributed by atoms with Gasteiger partial charge in [0.25, 0.3) is 5.91 Å². The summed E-state index contributed by atoms with van der Waals surface area (Å²) in [6.45, 7) is 2.39. The number of nitrogens with two attached hydrogens (primary N) is 1. The Morgan fingerprint density at radius 2 is 1.76 bits per heavy atom. The van der Waals surface area contributed by atoms with Gasteiger partial charge in [0.1, 0.15) is 5.69 Å². The van der Waals surface area contributed by atoms with Gasteiger partial charge in [-0.2, -0.15) is 0 Å². The van der Waals surface area contributed by atoms with Crippen molar-refractivity contribution in [2.24, 2.45) is 11.7 Å². The number of pyridine rings is 1. The van der Waals surface area contributed by atoms with Gasteiger partial charge in [-0.15, -0.1) is 0 Å². The van der Waals surface area contributed by atoms with E-state index >= 15 is 0 Å². The number of benzene rings is 1.